The highest BCUT2D eigenvalue weighted by atomic mass is 19.1. The molecule has 1 fully saturated rings. The largest absolute Gasteiger partial charge is 0.490 e. The van der Waals surface area contributed by atoms with Gasteiger partial charge in [0.15, 0.2) is 0 Å². The fourth-order valence-corrected chi connectivity index (χ4v) is 1.90. The fourth-order valence-electron chi connectivity index (χ4n) is 1.90. The number of alkyl carbamates (subject to hydrolysis) is 1. The summed E-state index contributed by atoms with van der Waals surface area (Å²) < 4.78 is 24.0. The van der Waals surface area contributed by atoms with E-state index in [4.69, 9.17) is 14.7 Å². The van der Waals surface area contributed by atoms with E-state index in [1.807, 2.05) is 6.07 Å². The van der Waals surface area contributed by atoms with Gasteiger partial charge in [0.1, 0.15) is 29.8 Å². The Labute approximate surface area is 129 Å². The number of halogens is 1. The maximum Gasteiger partial charge on any atom is 0.408 e. The minimum Gasteiger partial charge on any atom is -0.490 e. The van der Waals surface area contributed by atoms with E-state index >= 15 is 0 Å². The highest BCUT2D eigenvalue weighted by Gasteiger charge is 2.46. The van der Waals surface area contributed by atoms with Crippen LogP contribution in [-0.2, 0) is 4.74 Å². The molecule has 0 aromatic heterocycles. The van der Waals surface area contributed by atoms with E-state index in [-0.39, 0.29) is 17.9 Å². The van der Waals surface area contributed by atoms with E-state index in [9.17, 15) is 9.18 Å². The smallest absolute Gasteiger partial charge is 0.408 e. The van der Waals surface area contributed by atoms with Crippen LogP contribution in [0.2, 0.25) is 0 Å². The Morgan fingerprint density at radius 1 is 1.45 bits per heavy atom. The van der Waals surface area contributed by atoms with Crippen molar-refractivity contribution in [1.29, 1.82) is 5.26 Å². The number of nitrogens with zero attached hydrogens (tertiary/aromatic N) is 1. The van der Waals surface area contributed by atoms with Gasteiger partial charge in [-0.2, -0.15) is 5.26 Å². The lowest BCUT2D eigenvalue weighted by Gasteiger charge is -2.23. The maximum atomic E-state index is 13.2. The van der Waals surface area contributed by atoms with Crippen LogP contribution >= 0.6 is 0 Å². The van der Waals surface area contributed by atoms with Crippen LogP contribution in [0.5, 0.6) is 5.75 Å². The van der Waals surface area contributed by atoms with Gasteiger partial charge in [0.2, 0.25) is 0 Å². The summed E-state index contributed by atoms with van der Waals surface area (Å²) in [7, 11) is 0. The summed E-state index contributed by atoms with van der Waals surface area (Å²) in [5.74, 6) is -0.293. The Balaban J connectivity index is 1.96. The number of hydrogen-bond acceptors (Lipinski definition) is 4. The molecule has 118 valence electrons. The molecule has 1 aromatic carbocycles. The van der Waals surface area contributed by atoms with E-state index < -0.39 is 23.1 Å². The molecule has 1 amide bonds. The molecule has 0 saturated heterocycles. The second kappa shape index (κ2) is 5.84. The standard InChI is InChI=1S/C16H19FN2O3/c1-15(2,3)22-14(20)19-16(6-7-16)10-21-13-8-12(17)5-4-11(13)9-18/h4-5,8H,6-7,10H2,1-3H3,(H,19,20). The number of carbonyl (C=O) groups is 1. The van der Waals surface area contributed by atoms with Crippen molar-refractivity contribution < 1.29 is 18.7 Å². The van der Waals surface area contributed by atoms with Gasteiger partial charge in [-0.15, -0.1) is 0 Å². The highest BCUT2D eigenvalue weighted by molar-refractivity contribution is 5.69. The predicted octanol–water partition coefficient (Wildman–Crippen LogP) is 3.13. The fraction of sp³-hybridized carbons (Fsp3) is 0.500. The van der Waals surface area contributed by atoms with E-state index in [1.165, 1.54) is 18.2 Å². The summed E-state index contributed by atoms with van der Waals surface area (Å²) in [6, 6.07) is 5.69. The summed E-state index contributed by atoms with van der Waals surface area (Å²) in [6.45, 7) is 5.53. The molecular formula is C16H19FN2O3. The van der Waals surface area contributed by atoms with Crippen molar-refractivity contribution in [1.82, 2.24) is 5.32 Å². The van der Waals surface area contributed by atoms with E-state index in [0.29, 0.717) is 0 Å². The van der Waals surface area contributed by atoms with Crippen molar-refractivity contribution in [2.75, 3.05) is 6.61 Å². The third kappa shape index (κ3) is 4.35. The van der Waals surface area contributed by atoms with E-state index in [2.05, 4.69) is 5.32 Å². The van der Waals surface area contributed by atoms with Gasteiger partial charge >= 0.3 is 6.09 Å². The van der Waals surface area contributed by atoms with Crippen molar-refractivity contribution in [3.05, 3.63) is 29.6 Å². The number of hydrogen-bond donors (Lipinski definition) is 1. The van der Waals surface area contributed by atoms with Crippen LogP contribution in [0.15, 0.2) is 18.2 Å². The number of nitrogens with one attached hydrogen (secondary N) is 1. The van der Waals surface area contributed by atoms with Gasteiger partial charge < -0.3 is 14.8 Å². The van der Waals surface area contributed by atoms with Crippen molar-refractivity contribution >= 4 is 6.09 Å². The molecule has 6 heteroatoms. The molecule has 0 heterocycles. The normalized spacial score (nSPS) is 15.6. The minimum absolute atomic E-state index is 0.171. The van der Waals surface area contributed by atoms with E-state index in [0.717, 1.165) is 12.8 Å². The number of ether oxygens (including phenoxy) is 2. The Morgan fingerprint density at radius 2 is 2.14 bits per heavy atom. The molecule has 1 saturated carbocycles. The molecule has 1 aromatic rings. The SMILES string of the molecule is CC(C)(C)OC(=O)NC1(COc2cc(F)ccc2C#N)CC1. The van der Waals surface area contributed by atoms with Crippen LogP contribution in [0.3, 0.4) is 0 Å². The molecule has 0 radical (unpaired) electrons. The van der Waals surface area contributed by atoms with Gasteiger partial charge in [-0.05, 0) is 45.7 Å². The lowest BCUT2D eigenvalue weighted by atomic mass is 10.2. The summed E-state index contributed by atoms with van der Waals surface area (Å²) in [5, 5.41) is 11.8. The molecule has 0 aliphatic heterocycles. The van der Waals surface area contributed by atoms with Crippen molar-refractivity contribution in [2.24, 2.45) is 0 Å². The summed E-state index contributed by atoms with van der Waals surface area (Å²) in [4.78, 5) is 11.8. The third-order valence-electron chi connectivity index (χ3n) is 3.19. The van der Waals surface area contributed by atoms with E-state index in [1.54, 1.807) is 20.8 Å². The van der Waals surface area contributed by atoms with Crippen molar-refractivity contribution in [3.63, 3.8) is 0 Å². The summed E-state index contributed by atoms with van der Waals surface area (Å²) >= 11 is 0. The summed E-state index contributed by atoms with van der Waals surface area (Å²) in [5.41, 5.74) is -0.812. The van der Waals surface area contributed by atoms with Crippen LogP contribution in [-0.4, -0.2) is 23.8 Å². The zero-order valence-electron chi connectivity index (χ0n) is 12.9. The quantitative estimate of drug-likeness (QED) is 0.927. The molecular weight excluding hydrogens is 287 g/mol. The first-order chi connectivity index (χ1) is 10.2. The van der Waals surface area contributed by atoms with Crippen molar-refractivity contribution in [2.45, 2.75) is 44.8 Å². The maximum absolute atomic E-state index is 13.2. The highest BCUT2D eigenvalue weighted by Crippen LogP contribution is 2.36. The Morgan fingerprint density at radius 3 is 2.68 bits per heavy atom. The zero-order chi connectivity index (χ0) is 16.4. The topological polar surface area (TPSA) is 71.3 Å². The number of carbonyl (C=O) groups excluding carboxylic acids is 1. The Hall–Kier alpha value is -2.29. The van der Waals surface area contributed by atoms with Gasteiger partial charge in [-0.3, -0.25) is 0 Å². The average Bonchev–Trinajstić information content (AvgIpc) is 3.14. The molecule has 22 heavy (non-hydrogen) atoms. The number of amides is 1. The first kappa shape index (κ1) is 16.1. The van der Waals surface area contributed by atoms with Crippen LogP contribution in [0.4, 0.5) is 9.18 Å². The van der Waals surface area contributed by atoms with Gasteiger partial charge in [0.25, 0.3) is 0 Å². The minimum atomic E-state index is -0.572. The van der Waals surface area contributed by atoms with Crippen LogP contribution < -0.4 is 10.1 Å². The molecule has 0 unspecified atom stereocenters. The van der Waals surface area contributed by atoms with Gasteiger partial charge in [-0.1, -0.05) is 0 Å². The lowest BCUT2D eigenvalue weighted by molar-refractivity contribution is 0.0477. The first-order valence-corrected chi connectivity index (χ1v) is 7.07. The second-order valence-corrected chi connectivity index (χ2v) is 6.45. The second-order valence-electron chi connectivity index (χ2n) is 6.45. The van der Waals surface area contributed by atoms with Crippen LogP contribution in [0.25, 0.3) is 0 Å². The average molecular weight is 306 g/mol. The molecule has 1 aliphatic carbocycles. The Bertz CT molecular complexity index is 613. The monoisotopic (exact) mass is 306 g/mol. The number of nitriles is 1. The first-order valence-electron chi connectivity index (χ1n) is 7.07. The van der Waals surface area contributed by atoms with Crippen LogP contribution in [0.1, 0.15) is 39.2 Å². The molecule has 0 spiro atoms. The zero-order valence-corrected chi connectivity index (χ0v) is 12.9. The molecule has 1 N–H and O–H groups in total. The van der Waals surface area contributed by atoms with Crippen molar-refractivity contribution in [3.8, 4) is 11.8 Å². The molecule has 5 nitrogen and oxygen atoms in total. The van der Waals surface area contributed by atoms with Gasteiger partial charge in [0.05, 0.1) is 11.1 Å². The molecule has 1 aliphatic rings. The molecule has 2 rings (SSSR count). The lowest BCUT2D eigenvalue weighted by Crippen LogP contribution is -2.44. The predicted molar refractivity (Wildman–Crippen MR) is 77.9 cm³/mol. The van der Waals surface area contributed by atoms with Gasteiger partial charge in [0, 0.05) is 6.07 Å². The van der Waals surface area contributed by atoms with Crippen LogP contribution in [0, 0.1) is 17.1 Å². The molecule has 0 bridgehead atoms. The number of benzene rings is 1. The molecule has 0 atom stereocenters. The summed E-state index contributed by atoms with van der Waals surface area (Å²) in [6.07, 6.45) is 1.00. The third-order valence-corrected chi connectivity index (χ3v) is 3.19. The van der Waals surface area contributed by atoms with Gasteiger partial charge in [-0.25, -0.2) is 9.18 Å². The number of rotatable bonds is 4. The Kier molecular flexibility index (Phi) is 4.27.